The van der Waals surface area contributed by atoms with Crippen LogP contribution in [-0.2, 0) is 14.3 Å². The van der Waals surface area contributed by atoms with E-state index in [1.807, 2.05) is 0 Å². The van der Waals surface area contributed by atoms with Gasteiger partial charge in [-0.2, -0.15) is 0 Å². The first kappa shape index (κ1) is 15.1. The van der Waals surface area contributed by atoms with Crippen molar-refractivity contribution >= 4 is 34.1 Å². The van der Waals surface area contributed by atoms with Crippen LogP contribution in [-0.4, -0.2) is 49.9 Å². The Morgan fingerprint density at radius 2 is 2.11 bits per heavy atom. The average Bonchev–Trinajstić information content (AvgIpc) is 2.76. The van der Waals surface area contributed by atoms with Crippen LogP contribution in [0, 0.1) is 0 Å². The molecule has 0 saturated heterocycles. The van der Waals surface area contributed by atoms with Crippen LogP contribution in [0.4, 0.5) is 5.00 Å². The first-order chi connectivity index (χ1) is 8.93. The maximum absolute atomic E-state index is 11.7. The predicted octanol–water partition coefficient (Wildman–Crippen LogP) is -0.110. The van der Waals surface area contributed by atoms with Crippen molar-refractivity contribution in [2.24, 2.45) is 5.73 Å². The zero-order chi connectivity index (χ0) is 14.4. The number of anilines is 1. The lowest BCUT2D eigenvalue weighted by molar-refractivity contribution is -0.141. The first-order valence-corrected chi connectivity index (χ1v) is 6.24. The standard InChI is InChI=1S/C11H15N3O4S/c1-14(6-9(16)18-2)5-8(15)13-11-7(10(12)17)3-4-19-11/h3-4H,5-6H2,1-2H3,(H2,12,17)(H,13,15). The fraction of sp³-hybridized carbons (Fsp3) is 0.364. The fourth-order valence-corrected chi connectivity index (χ4v) is 2.16. The molecule has 0 fully saturated rings. The summed E-state index contributed by atoms with van der Waals surface area (Å²) in [6, 6.07) is 1.54. The van der Waals surface area contributed by atoms with Crippen molar-refractivity contribution in [2.75, 3.05) is 32.6 Å². The molecule has 19 heavy (non-hydrogen) atoms. The number of hydrogen-bond acceptors (Lipinski definition) is 6. The molecule has 1 aromatic rings. The number of carbonyl (C=O) groups excluding carboxylic acids is 3. The molecule has 0 unspecified atom stereocenters. The van der Waals surface area contributed by atoms with Crippen LogP contribution in [0.5, 0.6) is 0 Å². The number of carbonyl (C=O) groups is 3. The van der Waals surface area contributed by atoms with Gasteiger partial charge in [0.1, 0.15) is 5.00 Å². The Morgan fingerprint density at radius 3 is 2.68 bits per heavy atom. The molecule has 1 rings (SSSR count). The number of primary amides is 1. The van der Waals surface area contributed by atoms with E-state index in [-0.39, 0.29) is 24.6 Å². The van der Waals surface area contributed by atoms with Gasteiger partial charge in [-0.05, 0) is 18.5 Å². The van der Waals surface area contributed by atoms with Crippen molar-refractivity contribution in [1.82, 2.24) is 4.90 Å². The van der Waals surface area contributed by atoms with Gasteiger partial charge in [0.15, 0.2) is 0 Å². The summed E-state index contributed by atoms with van der Waals surface area (Å²) >= 11 is 1.21. The number of rotatable bonds is 6. The molecular weight excluding hydrogens is 270 g/mol. The summed E-state index contributed by atoms with van der Waals surface area (Å²) in [6.07, 6.45) is 0. The Kier molecular flexibility index (Phi) is 5.46. The smallest absolute Gasteiger partial charge is 0.319 e. The number of thiophene rings is 1. The van der Waals surface area contributed by atoms with Crippen LogP contribution in [0.15, 0.2) is 11.4 Å². The Morgan fingerprint density at radius 1 is 1.42 bits per heavy atom. The van der Waals surface area contributed by atoms with Gasteiger partial charge in [0.05, 0.1) is 25.8 Å². The SMILES string of the molecule is COC(=O)CN(C)CC(=O)Nc1sccc1C(N)=O. The quantitative estimate of drug-likeness (QED) is 0.710. The average molecular weight is 285 g/mol. The monoisotopic (exact) mass is 285 g/mol. The van der Waals surface area contributed by atoms with E-state index >= 15 is 0 Å². The molecule has 0 aliphatic heterocycles. The second kappa shape index (κ2) is 6.86. The minimum absolute atomic E-state index is 0.00516. The van der Waals surface area contributed by atoms with Gasteiger partial charge in [-0.1, -0.05) is 0 Å². The van der Waals surface area contributed by atoms with Gasteiger partial charge in [0.2, 0.25) is 5.91 Å². The predicted molar refractivity (Wildman–Crippen MR) is 71.0 cm³/mol. The molecule has 3 N–H and O–H groups in total. The third kappa shape index (κ3) is 4.68. The molecule has 0 bridgehead atoms. The van der Waals surface area contributed by atoms with Crippen LogP contribution in [0.2, 0.25) is 0 Å². The third-order valence-corrected chi connectivity index (χ3v) is 3.05. The number of amides is 2. The number of esters is 1. The Labute approximate surface area is 114 Å². The lowest BCUT2D eigenvalue weighted by Gasteiger charge is -2.14. The molecule has 0 saturated carbocycles. The summed E-state index contributed by atoms with van der Waals surface area (Å²) in [4.78, 5) is 35.3. The summed E-state index contributed by atoms with van der Waals surface area (Å²) in [5.74, 6) is -1.36. The van der Waals surface area contributed by atoms with Gasteiger partial charge in [-0.15, -0.1) is 11.3 Å². The first-order valence-electron chi connectivity index (χ1n) is 5.36. The zero-order valence-electron chi connectivity index (χ0n) is 10.6. The van der Waals surface area contributed by atoms with Gasteiger partial charge < -0.3 is 15.8 Å². The second-order valence-electron chi connectivity index (χ2n) is 3.82. The van der Waals surface area contributed by atoms with E-state index in [1.165, 1.54) is 23.3 Å². The molecule has 1 heterocycles. The minimum Gasteiger partial charge on any atom is -0.468 e. The summed E-state index contributed by atoms with van der Waals surface area (Å²) in [6.45, 7) is 0.0161. The van der Waals surface area contributed by atoms with Crippen molar-refractivity contribution < 1.29 is 19.1 Å². The Hall–Kier alpha value is -1.93. The van der Waals surface area contributed by atoms with Crippen molar-refractivity contribution in [3.05, 3.63) is 17.0 Å². The van der Waals surface area contributed by atoms with E-state index in [1.54, 1.807) is 18.5 Å². The topological polar surface area (TPSA) is 102 Å². The molecule has 1 aromatic heterocycles. The number of ether oxygens (including phenoxy) is 1. The van der Waals surface area contributed by atoms with E-state index < -0.39 is 11.9 Å². The van der Waals surface area contributed by atoms with E-state index in [0.29, 0.717) is 5.00 Å². The lowest BCUT2D eigenvalue weighted by atomic mass is 10.3. The third-order valence-electron chi connectivity index (χ3n) is 2.22. The highest BCUT2D eigenvalue weighted by atomic mass is 32.1. The highest BCUT2D eigenvalue weighted by Gasteiger charge is 2.15. The lowest BCUT2D eigenvalue weighted by Crippen LogP contribution is -2.34. The highest BCUT2D eigenvalue weighted by Crippen LogP contribution is 2.22. The maximum atomic E-state index is 11.7. The molecule has 0 atom stereocenters. The number of nitrogens with two attached hydrogens (primary N) is 1. The molecule has 0 spiro atoms. The van der Waals surface area contributed by atoms with Crippen LogP contribution in [0.3, 0.4) is 0 Å². The number of methoxy groups -OCH3 is 1. The minimum atomic E-state index is -0.598. The molecule has 8 heteroatoms. The fourth-order valence-electron chi connectivity index (χ4n) is 1.35. The molecule has 0 radical (unpaired) electrons. The zero-order valence-corrected chi connectivity index (χ0v) is 11.5. The molecule has 0 aliphatic carbocycles. The largest absolute Gasteiger partial charge is 0.468 e. The Balaban J connectivity index is 2.53. The second-order valence-corrected chi connectivity index (χ2v) is 4.74. The van der Waals surface area contributed by atoms with Crippen molar-refractivity contribution in [3.63, 3.8) is 0 Å². The van der Waals surface area contributed by atoms with Crippen molar-refractivity contribution in [3.8, 4) is 0 Å². The Bertz CT molecular complexity index is 486. The molecular formula is C11H15N3O4S. The van der Waals surface area contributed by atoms with E-state index in [2.05, 4.69) is 10.1 Å². The van der Waals surface area contributed by atoms with Gasteiger partial charge in [0, 0.05) is 0 Å². The van der Waals surface area contributed by atoms with Crippen LogP contribution in [0.1, 0.15) is 10.4 Å². The van der Waals surface area contributed by atoms with Crippen LogP contribution < -0.4 is 11.1 Å². The normalized spacial score (nSPS) is 10.3. The molecule has 104 valence electrons. The number of likely N-dealkylation sites (N-methyl/N-ethyl adjacent to an activating group) is 1. The molecule has 2 amide bonds. The maximum Gasteiger partial charge on any atom is 0.319 e. The number of nitrogens with one attached hydrogen (secondary N) is 1. The number of hydrogen-bond donors (Lipinski definition) is 2. The van der Waals surface area contributed by atoms with Crippen molar-refractivity contribution in [1.29, 1.82) is 0 Å². The summed E-state index contributed by atoms with van der Waals surface area (Å²) in [7, 11) is 2.89. The molecule has 0 aromatic carbocycles. The van der Waals surface area contributed by atoms with E-state index in [0.717, 1.165) is 0 Å². The highest BCUT2D eigenvalue weighted by molar-refractivity contribution is 7.14. The van der Waals surface area contributed by atoms with Gasteiger partial charge in [0.25, 0.3) is 5.91 Å². The summed E-state index contributed by atoms with van der Waals surface area (Å²) in [5.41, 5.74) is 5.44. The molecule has 0 aliphatic rings. The van der Waals surface area contributed by atoms with Crippen LogP contribution in [0.25, 0.3) is 0 Å². The summed E-state index contributed by atoms with van der Waals surface area (Å²) < 4.78 is 4.49. The number of nitrogens with zero attached hydrogens (tertiary/aromatic N) is 1. The van der Waals surface area contributed by atoms with Crippen LogP contribution >= 0.6 is 11.3 Å². The molecule has 7 nitrogen and oxygen atoms in total. The van der Waals surface area contributed by atoms with Gasteiger partial charge in [-0.25, -0.2) is 0 Å². The van der Waals surface area contributed by atoms with Gasteiger partial charge >= 0.3 is 5.97 Å². The summed E-state index contributed by atoms with van der Waals surface area (Å²) in [5, 5.41) is 4.65. The van der Waals surface area contributed by atoms with E-state index in [9.17, 15) is 14.4 Å². The van der Waals surface area contributed by atoms with Gasteiger partial charge in [-0.3, -0.25) is 19.3 Å². The van der Waals surface area contributed by atoms with E-state index in [4.69, 9.17) is 5.73 Å². The van der Waals surface area contributed by atoms with Crippen molar-refractivity contribution in [2.45, 2.75) is 0 Å².